The van der Waals surface area contributed by atoms with E-state index in [1.54, 1.807) is 6.07 Å². The van der Waals surface area contributed by atoms with E-state index in [2.05, 4.69) is 0 Å². The number of hydrogen-bond acceptors (Lipinski definition) is 2. The van der Waals surface area contributed by atoms with E-state index in [9.17, 15) is 4.39 Å². The molecule has 0 spiro atoms. The number of ether oxygens (including phenoxy) is 1. The van der Waals surface area contributed by atoms with Gasteiger partial charge in [-0.3, -0.25) is 0 Å². The van der Waals surface area contributed by atoms with Crippen LogP contribution in [0, 0.1) is 9.39 Å². The highest BCUT2D eigenvalue weighted by Gasteiger charge is 2.09. The minimum absolute atomic E-state index is 0.286. The monoisotopic (exact) mass is 282 g/mol. The van der Waals surface area contributed by atoms with E-state index in [1.807, 2.05) is 22.6 Å². The normalized spacial score (nSPS) is 10.0. The van der Waals surface area contributed by atoms with Crippen LogP contribution in [-0.2, 0) is 6.61 Å². The molecule has 1 rings (SSSR count). The molecule has 0 amide bonds. The largest absolute Gasteiger partial charge is 0.496 e. The number of benzene rings is 1. The van der Waals surface area contributed by atoms with Gasteiger partial charge < -0.3 is 9.84 Å². The molecule has 0 bridgehead atoms. The quantitative estimate of drug-likeness (QED) is 0.840. The van der Waals surface area contributed by atoms with E-state index in [-0.39, 0.29) is 6.61 Å². The Morgan fingerprint density at radius 2 is 2.25 bits per heavy atom. The van der Waals surface area contributed by atoms with Gasteiger partial charge in [0.15, 0.2) is 0 Å². The Morgan fingerprint density at radius 1 is 1.58 bits per heavy atom. The van der Waals surface area contributed by atoms with Crippen LogP contribution in [0.1, 0.15) is 5.56 Å². The van der Waals surface area contributed by atoms with Gasteiger partial charge in [-0.25, -0.2) is 4.39 Å². The second kappa shape index (κ2) is 4.04. The standard InChI is InChI=1S/C8H8FIO2/c1-12-6-3-2-5(4-11)7(9)8(6)10/h2-3,11H,4H2,1H3. The second-order valence-electron chi connectivity index (χ2n) is 2.21. The smallest absolute Gasteiger partial charge is 0.145 e. The first-order chi connectivity index (χ1) is 5.70. The molecule has 66 valence electrons. The summed E-state index contributed by atoms with van der Waals surface area (Å²) >= 11 is 1.84. The number of aliphatic hydroxyl groups is 1. The van der Waals surface area contributed by atoms with Crippen molar-refractivity contribution < 1.29 is 14.2 Å². The van der Waals surface area contributed by atoms with Crippen LogP contribution in [0.5, 0.6) is 5.75 Å². The van der Waals surface area contributed by atoms with Gasteiger partial charge in [0, 0.05) is 5.56 Å². The number of methoxy groups -OCH3 is 1. The number of aliphatic hydroxyl groups excluding tert-OH is 1. The summed E-state index contributed by atoms with van der Waals surface area (Å²) in [5.41, 5.74) is 0.292. The van der Waals surface area contributed by atoms with E-state index in [0.29, 0.717) is 14.9 Å². The Balaban J connectivity index is 3.20. The van der Waals surface area contributed by atoms with Gasteiger partial charge in [-0.15, -0.1) is 0 Å². The second-order valence-corrected chi connectivity index (χ2v) is 3.29. The van der Waals surface area contributed by atoms with Crippen molar-refractivity contribution in [1.82, 2.24) is 0 Å². The summed E-state index contributed by atoms with van der Waals surface area (Å²) in [5.74, 6) is 0.0859. The van der Waals surface area contributed by atoms with E-state index >= 15 is 0 Å². The van der Waals surface area contributed by atoms with Gasteiger partial charge >= 0.3 is 0 Å². The molecule has 0 aliphatic rings. The van der Waals surface area contributed by atoms with Crippen LogP contribution >= 0.6 is 22.6 Å². The zero-order chi connectivity index (χ0) is 9.14. The first-order valence-corrected chi connectivity index (χ1v) is 4.40. The number of hydrogen-bond donors (Lipinski definition) is 1. The van der Waals surface area contributed by atoms with Crippen molar-refractivity contribution in [3.63, 3.8) is 0 Å². The van der Waals surface area contributed by atoms with Crippen molar-refractivity contribution in [3.8, 4) is 5.75 Å². The van der Waals surface area contributed by atoms with E-state index < -0.39 is 5.82 Å². The van der Waals surface area contributed by atoms with Gasteiger partial charge in [-0.1, -0.05) is 6.07 Å². The van der Waals surface area contributed by atoms with Crippen molar-refractivity contribution in [2.75, 3.05) is 7.11 Å². The highest BCUT2D eigenvalue weighted by molar-refractivity contribution is 14.1. The maximum atomic E-state index is 13.2. The average molecular weight is 282 g/mol. The Kier molecular flexibility index (Phi) is 3.28. The van der Waals surface area contributed by atoms with Crippen LogP contribution < -0.4 is 4.74 Å². The predicted molar refractivity (Wildman–Crippen MR) is 51.6 cm³/mol. The first-order valence-electron chi connectivity index (χ1n) is 3.32. The lowest BCUT2D eigenvalue weighted by atomic mass is 10.2. The lowest BCUT2D eigenvalue weighted by molar-refractivity contribution is 0.275. The van der Waals surface area contributed by atoms with Crippen molar-refractivity contribution in [2.24, 2.45) is 0 Å². The Labute approximate surface area is 83.5 Å². The molecular weight excluding hydrogens is 274 g/mol. The Hall–Kier alpha value is -0.360. The molecule has 4 heteroatoms. The van der Waals surface area contributed by atoms with Crippen molar-refractivity contribution >= 4 is 22.6 Å². The third-order valence-electron chi connectivity index (χ3n) is 1.52. The van der Waals surface area contributed by atoms with Gasteiger partial charge in [0.25, 0.3) is 0 Å². The van der Waals surface area contributed by atoms with E-state index in [0.717, 1.165) is 0 Å². The van der Waals surface area contributed by atoms with E-state index in [1.165, 1.54) is 13.2 Å². The van der Waals surface area contributed by atoms with Crippen molar-refractivity contribution in [2.45, 2.75) is 6.61 Å². The number of rotatable bonds is 2. The summed E-state index contributed by atoms with van der Waals surface area (Å²) < 4.78 is 18.5. The van der Waals surface area contributed by atoms with Gasteiger partial charge in [0.1, 0.15) is 11.6 Å². The fourth-order valence-corrected chi connectivity index (χ4v) is 1.60. The first kappa shape index (κ1) is 9.73. The Morgan fingerprint density at radius 3 is 2.75 bits per heavy atom. The summed E-state index contributed by atoms with van der Waals surface area (Å²) in [6.07, 6.45) is 0. The Bertz CT molecular complexity index is 260. The third kappa shape index (κ3) is 1.69. The summed E-state index contributed by atoms with van der Waals surface area (Å²) in [6, 6.07) is 3.15. The molecule has 1 N–H and O–H groups in total. The van der Waals surface area contributed by atoms with Crippen LogP contribution in [0.3, 0.4) is 0 Å². The summed E-state index contributed by atoms with van der Waals surface area (Å²) in [6.45, 7) is -0.286. The van der Waals surface area contributed by atoms with E-state index in [4.69, 9.17) is 9.84 Å². The van der Waals surface area contributed by atoms with Gasteiger partial charge in [0.05, 0.1) is 17.3 Å². The molecule has 12 heavy (non-hydrogen) atoms. The van der Waals surface area contributed by atoms with Crippen molar-refractivity contribution in [1.29, 1.82) is 0 Å². The zero-order valence-electron chi connectivity index (χ0n) is 6.47. The molecule has 0 saturated heterocycles. The van der Waals surface area contributed by atoms with Crippen LogP contribution in [0.25, 0.3) is 0 Å². The third-order valence-corrected chi connectivity index (χ3v) is 2.52. The lowest BCUT2D eigenvalue weighted by Crippen LogP contribution is -1.96. The predicted octanol–water partition coefficient (Wildman–Crippen LogP) is 1.93. The molecule has 0 aliphatic carbocycles. The maximum absolute atomic E-state index is 13.2. The van der Waals surface area contributed by atoms with Gasteiger partial charge in [0.2, 0.25) is 0 Å². The van der Waals surface area contributed by atoms with Crippen LogP contribution in [-0.4, -0.2) is 12.2 Å². The fraction of sp³-hybridized carbons (Fsp3) is 0.250. The molecular formula is C8H8FIO2. The lowest BCUT2D eigenvalue weighted by Gasteiger charge is -2.06. The van der Waals surface area contributed by atoms with Crippen LogP contribution in [0.15, 0.2) is 12.1 Å². The fourth-order valence-electron chi connectivity index (χ4n) is 0.851. The molecule has 0 saturated carbocycles. The van der Waals surface area contributed by atoms with Crippen LogP contribution in [0.4, 0.5) is 4.39 Å². The SMILES string of the molecule is COc1ccc(CO)c(F)c1I. The molecule has 1 aromatic rings. The zero-order valence-corrected chi connectivity index (χ0v) is 8.63. The minimum atomic E-state index is -0.405. The molecule has 0 radical (unpaired) electrons. The van der Waals surface area contributed by atoms with Crippen LogP contribution in [0.2, 0.25) is 0 Å². The number of halogens is 2. The topological polar surface area (TPSA) is 29.5 Å². The summed E-state index contributed by atoms with van der Waals surface area (Å²) in [5, 5.41) is 8.72. The van der Waals surface area contributed by atoms with Gasteiger partial charge in [-0.05, 0) is 28.7 Å². The summed E-state index contributed by atoms with van der Waals surface area (Å²) in [4.78, 5) is 0. The van der Waals surface area contributed by atoms with Crippen molar-refractivity contribution in [3.05, 3.63) is 27.1 Å². The van der Waals surface area contributed by atoms with Gasteiger partial charge in [-0.2, -0.15) is 0 Å². The molecule has 2 nitrogen and oxygen atoms in total. The molecule has 0 atom stereocenters. The molecule has 0 heterocycles. The molecule has 0 aliphatic heterocycles. The molecule has 0 unspecified atom stereocenters. The highest BCUT2D eigenvalue weighted by atomic mass is 127. The maximum Gasteiger partial charge on any atom is 0.145 e. The minimum Gasteiger partial charge on any atom is -0.496 e. The average Bonchev–Trinajstić information content (AvgIpc) is 2.10. The molecule has 1 aromatic carbocycles. The summed E-state index contributed by atoms with van der Waals surface area (Å²) in [7, 11) is 1.48. The molecule has 0 fully saturated rings. The highest BCUT2D eigenvalue weighted by Crippen LogP contribution is 2.25. The molecule has 0 aromatic heterocycles.